The molecule has 0 saturated carbocycles. The van der Waals surface area contributed by atoms with Gasteiger partial charge in [-0.15, -0.1) is 11.6 Å². The van der Waals surface area contributed by atoms with Crippen molar-refractivity contribution in [1.82, 2.24) is 0 Å². The molecule has 1 rings (SSSR count). The van der Waals surface area contributed by atoms with Crippen molar-refractivity contribution in [3.05, 3.63) is 29.3 Å². The summed E-state index contributed by atoms with van der Waals surface area (Å²) in [4.78, 5) is 10.8. The number of ether oxygens (including phenoxy) is 1. The molecule has 0 amide bonds. The van der Waals surface area contributed by atoms with Gasteiger partial charge < -0.3 is 14.9 Å². The molecule has 0 bridgehead atoms. The summed E-state index contributed by atoms with van der Waals surface area (Å²) in [5.41, 5.74) is 1.06. The monoisotopic (exact) mass is 258 g/mol. The van der Waals surface area contributed by atoms with Crippen molar-refractivity contribution < 1.29 is 19.7 Å². The van der Waals surface area contributed by atoms with Gasteiger partial charge in [0.05, 0.1) is 7.11 Å². The Labute approximate surface area is 105 Å². The van der Waals surface area contributed by atoms with Gasteiger partial charge >= 0.3 is 5.97 Å². The number of carboxylic acids is 1. The summed E-state index contributed by atoms with van der Waals surface area (Å²) in [5, 5.41) is 18.4. The van der Waals surface area contributed by atoms with E-state index in [2.05, 4.69) is 0 Å². The number of carboxylic acid groups (broad SMARTS) is 1. The van der Waals surface area contributed by atoms with Crippen LogP contribution in [0.15, 0.2) is 18.2 Å². The van der Waals surface area contributed by atoms with Gasteiger partial charge in [0, 0.05) is 11.4 Å². The van der Waals surface area contributed by atoms with E-state index in [9.17, 15) is 9.90 Å². The number of halogens is 1. The highest BCUT2D eigenvalue weighted by Crippen LogP contribution is 2.28. The standard InChI is InChI=1S/C12H15ClO4/c1-17-10-6-2-4-9(11(14)12(15)16)8(10)5-3-7-13/h2,4,6,11,14H,3,5,7H2,1H3,(H,15,16). The predicted molar refractivity (Wildman–Crippen MR) is 64.6 cm³/mol. The SMILES string of the molecule is COc1cccc(C(O)C(=O)O)c1CCCCl. The van der Waals surface area contributed by atoms with E-state index in [1.807, 2.05) is 0 Å². The molecule has 0 saturated heterocycles. The van der Waals surface area contributed by atoms with Crippen LogP contribution in [-0.2, 0) is 11.2 Å². The zero-order chi connectivity index (χ0) is 12.8. The molecule has 1 aromatic carbocycles. The van der Waals surface area contributed by atoms with Gasteiger partial charge in [0.25, 0.3) is 0 Å². The number of alkyl halides is 1. The first-order chi connectivity index (χ1) is 8.11. The van der Waals surface area contributed by atoms with Crippen LogP contribution < -0.4 is 4.74 Å². The highest BCUT2D eigenvalue weighted by Gasteiger charge is 2.21. The molecular weight excluding hydrogens is 244 g/mol. The average Bonchev–Trinajstić information content (AvgIpc) is 2.34. The third-order valence-corrected chi connectivity index (χ3v) is 2.75. The quantitative estimate of drug-likeness (QED) is 0.766. The first kappa shape index (κ1) is 13.8. The Hall–Kier alpha value is -1.26. The summed E-state index contributed by atoms with van der Waals surface area (Å²) in [5.74, 6) is -0.223. The molecule has 0 aliphatic heterocycles. The van der Waals surface area contributed by atoms with Gasteiger partial charge in [-0.25, -0.2) is 4.79 Å². The molecule has 0 aliphatic carbocycles. The minimum atomic E-state index is -1.53. The van der Waals surface area contributed by atoms with Gasteiger partial charge in [0.15, 0.2) is 6.10 Å². The molecule has 94 valence electrons. The first-order valence-corrected chi connectivity index (χ1v) is 5.78. The molecule has 0 fully saturated rings. The molecule has 0 heterocycles. The summed E-state index contributed by atoms with van der Waals surface area (Å²) >= 11 is 5.62. The Morgan fingerprint density at radius 1 is 1.53 bits per heavy atom. The van der Waals surface area contributed by atoms with Crippen LogP contribution in [0.4, 0.5) is 0 Å². The minimum Gasteiger partial charge on any atom is -0.496 e. The number of rotatable bonds is 6. The van der Waals surface area contributed by atoms with Crippen LogP contribution in [0.3, 0.4) is 0 Å². The van der Waals surface area contributed by atoms with E-state index in [0.717, 1.165) is 0 Å². The number of carbonyl (C=O) groups is 1. The van der Waals surface area contributed by atoms with Crippen molar-refractivity contribution in [3.63, 3.8) is 0 Å². The van der Waals surface area contributed by atoms with Crippen molar-refractivity contribution in [2.75, 3.05) is 13.0 Å². The third-order valence-electron chi connectivity index (χ3n) is 2.48. The maximum absolute atomic E-state index is 10.8. The molecule has 1 aromatic rings. The van der Waals surface area contributed by atoms with Gasteiger partial charge in [0.1, 0.15) is 5.75 Å². The summed E-state index contributed by atoms with van der Waals surface area (Å²) < 4.78 is 5.17. The fourth-order valence-electron chi connectivity index (χ4n) is 1.67. The van der Waals surface area contributed by atoms with E-state index in [1.54, 1.807) is 18.2 Å². The second-order valence-corrected chi connectivity index (χ2v) is 3.94. The number of hydrogen-bond acceptors (Lipinski definition) is 3. The van der Waals surface area contributed by atoms with Crippen LogP contribution in [0.2, 0.25) is 0 Å². The van der Waals surface area contributed by atoms with E-state index >= 15 is 0 Å². The lowest BCUT2D eigenvalue weighted by Crippen LogP contribution is -2.13. The zero-order valence-electron chi connectivity index (χ0n) is 9.52. The van der Waals surface area contributed by atoms with Crippen LogP contribution in [0.1, 0.15) is 23.7 Å². The lowest BCUT2D eigenvalue weighted by atomic mass is 9.98. The second-order valence-electron chi connectivity index (χ2n) is 3.56. The van der Waals surface area contributed by atoms with Crippen LogP contribution >= 0.6 is 11.6 Å². The molecule has 1 atom stereocenters. The molecule has 2 N–H and O–H groups in total. The number of benzene rings is 1. The van der Waals surface area contributed by atoms with Crippen LogP contribution in [-0.4, -0.2) is 29.2 Å². The Morgan fingerprint density at radius 3 is 2.76 bits per heavy atom. The summed E-state index contributed by atoms with van der Waals surface area (Å²) in [7, 11) is 1.51. The van der Waals surface area contributed by atoms with Crippen molar-refractivity contribution in [2.45, 2.75) is 18.9 Å². The van der Waals surface area contributed by atoms with E-state index in [1.165, 1.54) is 7.11 Å². The molecule has 5 heteroatoms. The Bertz CT molecular complexity index is 392. The number of aliphatic carboxylic acids is 1. The highest BCUT2D eigenvalue weighted by molar-refractivity contribution is 6.17. The van der Waals surface area contributed by atoms with E-state index in [-0.39, 0.29) is 0 Å². The molecule has 17 heavy (non-hydrogen) atoms. The Balaban J connectivity index is 3.13. The van der Waals surface area contributed by atoms with Crippen LogP contribution in [0, 0.1) is 0 Å². The smallest absolute Gasteiger partial charge is 0.337 e. The zero-order valence-corrected chi connectivity index (χ0v) is 10.3. The molecule has 1 unspecified atom stereocenters. The fraction of sp³-hybridized carbons (Fsp3) is 0.417. The average molecular weight is 259 g/mol. The third kappa shape index (κ3) is 3.35. The van der Waals surface area contributed by atoms with Gasteiger partial charge in [-0.2, -0.15) is 0 Å². The highest BCUT2D eigenvalue weighted by atomic mass is 35.5. The van der Waals surface area contributed by atoms with Crippen LogP contribution in [0.25, 0.3) is 0 Å². The first-order valence-electron chi connectivity index (χ1n) is 5.24. The van der Waals surface area contributed by atoms with Gasteiger partial charge in [0.2, 0.25) is 0 Å². The van der Waals surface area contributed by atoms with E-state index in [4.69, 9.17) is 21.4 Å². The summed E-state index contributed by atoms with van der Waals surface area (Å²) in [6, 6.07) is 4.98. The van der Waals surface area contributed by atoms with E-state index < -0.39 is 12.1 Å². The normalized spacial score (nSPS) is 12.2. The Kier molecular flexibility index (Phi) is 5.25. The molecule has 0 aromatic heterocycles. The van der Waals surface area contributed by atoms with Crippen LogP contribution in [0.5, 0.6) is 5.75 Å². The Morgan fingerprint density at radius 2 is 2.24 bits per heavy atom. The summed E-state index contributed by atoms with van der Waals surface area (Å²) in [6.45, 7) is 0. The molecule has 0 aliphatic rings. The molecule has 4 nitrogen and oxygen atoms in total. The van der Waals surface area contributed by atoms with E-state index in [0.29, 0.717) is 35.6 Å². The van der Waals surface area contributed by atoms with Gasteiger partial charge in [-0.1, -0.05) is 12.1 Å². The number of methoxy groups -OCH3 is 1. The molecule has 0 spiro atoms. The largest absolute Gasteiger partial charge is 0.496 e. The topological polar surface area (TPSA) is 66.8 Å². The van der Waals surface area contributed by atoms with Gasteiger partial charge in [-0.05, 0) is 24.5 Å². The van der Waals surface area contributed by atoms with Crippen molar-refractivity contribution >= 4 is 17.6 Å². The maximum Gasteiger partial charge on any atom is 0.337 e. The number of hydrogen-bond donors (Lipinski definition) is 2. The summed E-state index contributed by atoms with van der Waals surface area (Å²) in [6.07, 6.45) is -0.260. The molecule has 0 radical (unpaired) electrons. The minimum absolute atomic E-state index is 0.363. The van der Waals surface area contributed by atoms with Crippen molar-refractivity contribution in [3.8, 4) is 5.75 Å². The van der Waals surface area contributed by atoms with Gasteiger partial charge in [-0.3, -0.25) is 0 Å². The number of aliphatic hydroxyl groups is 1. The lowest BCUT2D eigenvalue weighted by molar-refractivity contribution is -0.147. The predicted octanol–water partition coefficient (Wildman–Crippen LogP) is 1.98. The fourth-order valence-corrected chi connectivity index (χ4v) is 1.81. The van der Waals surface area contributed by atoms with Crippen molar-refractivity contribution in [1.29, 1.82) is 0 Å². The second kappa shape index (κ2) is 6.47. The molecular formula is C12H15ClO4. The maximum atomic E-state index is 10.8. The lowest BCUT2D eigenvalue weighted by Gasteiger charge is -2.15. The van der Waals surface area contributed by atoms with Crippen molar-refractivity contribution in [2.24, 2.45) is 0 Å². The number of aliphatic hydroxyl groups excluding tert-OH is 1.